The lowest BCUT2D eigenvalue weighted by Crippen LogP contribution is -2.44. The summed E-state index contributed by atoms with van der Waals surface area (Å²) >= 11 is 0. The van der Waals surface area contributed by atoms with Gasteiger partial charge in [-0.25, -0.2) is 0 Å². The summed E-state index contributed by atoms with van der Waals surface area (Å²) in [6.45, 7) is 4.39. The van der Waals surface area contributed by atoms with E-state index < -0.39 is 0 Å². The van der Waals surface area contributed by atoms with E-state index >= 15 is 0 Å². The topological polar surface area (TPSA) is 40.6 Å². The molecule has 2 fully saturated rings. The molecule has 2 saturated heterocycles. The third-order valence-electron chi connectivity index (χ3n) is 6.75. The Morgan fingerprint density at radius 3 is 2.33 bits per heavy atom. The van der Waals surface area contributed by atoms with Crippen LogP contribution >= 0.6 is 0 Å². The summed E-state index contributed by atoms with van der Waals surface area (Å²) in [5.74, 6) is 0.550. The normalized spacial score (nSPS) is 19.8. The second-order valence-corrected chi connectivity index (χ2v) is 8.69. The Kier molecular flexibility index (Phi) is 6.51. The van der Waals surface area contributed by atoms with Crippen molar-refractivity contribution >= 4 is 11.8 Å². The van der Waals surface area contributed by atoms with Crippen molar-refractivity contribution in [2.45, 2.75) is 51.5 Å². The van der Waals surface area contributed by atoms with Crippen molar-refractivity contribution in [1.29, 1.82) is 0 Å². The van der Waals surface area contributed by atoms with Crippen LogP contribution in [0.1, 0.15) is 54.8 Å². The van der Waals surface area contributed by atoms with Gasteiger partial charge >= 0.3 is 0 Å². The summed E-state index contributed by atoms with van der Waals surface area (Å²) in [7, 11) is 0. The average Bonchev–Trinajstić information content (AvgIpc) is 3.28. The van der Waals surface area contributed by atoms with Gasteiger partial charge in [0.2, 0.25) is 11.8 Å². The molecule has 30 heavy (non-hydrogen) atoms. The number of amides is 2. The Bertz CT molecular complexity index is 872. The van der Waals surface area contributed by atoms with Crippen molar-refractivity contribution in [3.05, 3.63) is 71.3 Å². The van der Waals surface area contributed by atoms with Gasteiger partial charge in [-0.2, -0.15) is 0 Å². The fourth-order valence-electron chi connectivity index (χ4n) is 4.98. The zero-order chi connectivity index (χ0) is 20.9. The molecule has 0 spiro atoms. The first-order chi connectivity index (χ1) is 14.6. The van der Waals surface area contributed by atoms with E-state index in [-0.39, 0.29) is 23.8 Å². The van der Waals surface area contributed by atoms with Crippen LogP contribution in [0.5, 0.6) is 0 Å². The van der Waals surface area contributed by atoms with Crippen LogP contribution in [-0.2, 0) is 16.0 Å². The molecule has 0 saturated carbocycles. The number of carbonyl (C=O) groups is 2. The lowest BCUT2D eigenvalue weighted by Gasteiger charge is -2.35. The zero-order valence-corrected chi connectivity index (χ0v) is 17.9. The maximum Gasteiger partial charge on any atom is 0.226 e. The van der Waals surface area contributed by atoms with Gasteiger partial charge in [0.15, 0.2) is 0 Å². The van der Waals surface area contributed by atoms with Crippen molar-refractivity contribution in [3.63, 3.8) is 0 Å². The maximum absolute atomic E-state index is 13.3. The van der Waals surface area contributed by atoms with Crippen molar-refractivity contribution in [2.24, 2.45) is 5.92 Å². The van der Waals surface area contributed by atoms with Crippen LogP contribution in [0.25, 0.3) is 0 Å². The number of piperidine rings is 1. The molecule has 0 N–H and O–H groups in total. The third kappa shape index (κ3) is 4.58. The average molecular weight is 405 g/mol. The lowest BCUT2D eigenvalue weighted by atomic mass is 9.93. The molecule has 4 rings (SSSR count). The summed E-state index contributed by atoms with van der Waals surface area (Å²) in [4.78, 5) is 30.0. The van der Waals surface area contributed by atoms with E-state index in [0.29, 0.717) is 19.5 Å². The van der Waals surface area contributed by atoms with Gasteiger partial charge in [0.25, 0.3) is 0 Å². The van der Waals surface area contributed by atoms with Crippen LogP contribution in [0.4, 0.5) is 0 Å². The van der Waals surface area contributed by atoms with Gasteiger partial charge in [0.05, 0.1) is 6.04 Å². The Labute approximate surface area is 179 Å². The summed E-state index contributed by atoms with van der Waals surface area (Å²) in [5.41, 5.74) is 3.75. The van der Waals surface area contributed by atoms with E-state index in [0.717, 1.165) is 38.6 Å². The smallest absolute Gasteiger partial charge is 0.226 e. The van der Waals surface area contributed by atoms with E-state index in [2.05, 4.69) is 48.2 Å². The summed E-state index contributed by atoms with van der Waals surface area (Å²) in [6, 6.07) is 18.8. The number of hydrogen-bond acceptors (Lipinski definition) is 2. The molecule has 1 atom stereocenters. The van der Waals surface area contributed by atoms with Crippen LogP contribution in [0.15, 0.2) is 54.6 Å². The van der Waals surface area contributed by atoms with Crippen LogP contribution in [-0.4, -0.2) is 41.2 Å². The molecule has 0 aliphatic carbocycles. The number of benzene rings is 2. The number of hydrogen-bond donors (Lipinski definition) is 0. The Morgan fingerprint density at radius 2 is 1.60 bits per heavy atom. The Hall–Kier alpha value is -2.62. The fourth-order valence-corrected chi connectivity index (χ4v) is 4.98. The molecule has 2 amide bonds. The summed E-state index contributed by atoms with van der Waals surface area (Å²) < 4.78 is 0. The molecule has 2 aliphatic heterocycles. The van der Waals surface area contributed by atoms with E-state index in [1.165, 1.54) is 16.7 Å². The van der Waals surface area contributed by atoms with Gasteiger partial charge in [-0.05, 0) is 55.7 Å². The van der Waals surface area contributed by atoms with E-state index in [9.17, 15) is 9.59 Å². The summed E-state index contributed by atoms with van der Waals surface area (Å²) in [6.07, 6.45) is 5.02. The van der Waals surface area contributed by atoms with Crippen molar-refractivity contribution < 1.29 is 9.59 Å². The van der Waals surface area contributed by atoms with Crippen LogP contribution in [0.2, 0.25) is 0 Å². The largest absolute Gasteiger partial charge is 0.343 e. The predicted molar refractivity (Wildman–Crippen MR) is 119 cm³/mol. The molecular weight excluding hydrogens is 372 g/mol. The molecule has 0 bridgehead atoms. The van der Waals surface area contributed by atoms with Crippen molar-refractivity contribution in [2.75, 3.05) is 19.6 Å². The molecule has 1 unspecified atom stereocenters. The van der Waals surface area contributed by atoms with E-state index in [4.69, 9.17) is 0 Å². The molecule has 2 aromatic rings. The number of aryl methyl sites for hydroxylation is 2. The molecule has 4 nitrogen and oxygen atoms in total. The van der Waals surface area contributed by atoms with Crippen molar-refractivity contribution in [1.82, 2.24) is 9.80 Å². The molecule has 0 radical (unpaired) electrons. The lowest BCUT2D eigenvalue weighted by molar-refractivity contribution is -0.141. The standard InChI is InChI=1S/C26H32N2O2/c1-20-8-5-6-11-23(20)24-12-7-17-28(24)26(30)22-15-18-27(19-16-22)25(29)14-13-21-9-3-2-4-10-21/h2-6,8-11,22,24H,7,12-19H2,1H3. The van der Waals surface area contributed by atoms with E-state index in [1.807, 2.05) is 23.1 Å². The second kappa shape index (κ2) is 9.46. The minimum Gasteiger partial charge on any atom is -0.343 e. The highest BCUT2D eigenvalue weighted by Crippen LogP contribution is 2.36. The van der Waals surface area contributed by atoms with E-state index in [1.54, 1.807) is 0 Å². The van der Waals surface area contributed by atoms with Crippen LogP contribution in [0.3, 0.4) is 0 Å². The first-order valence-electron chi connectivity index (χ1n) is 11.3. The Balaban J connectivity index is 1.31. The molecule has 2 heterocycles. The quantitative estimate of drug-likeness (QED) is 0.735. The number of carbonyl (C=O) groups excluding carboxylic acids is 2. The monoisotopic (exact) mass is 404 g/mol. The maximum atomic E-state index is 13.3. The number of likely N-dealkylation sites (tertiary alicyclic amines) is 2. The highest BCUT2D eigenvalue weighted by atomic mass is 16.2. The fraction of sp³-hybridized carbons (Fsp3) is 0.462. The van der Waals surface area contributed by atoms with Gasteiger partial charge in [-0.1, -0.05) is 54.6 Å². The first-order valence-corrected chi connectivity index (χ1v) is 11.3. The SMILES string of the molecule is Cc1ccccc1C1CCCN1C(=O)C1CCN(C(=O)CCc2ccccc2)CC1. The molecule has 2 aromatic carbocycles. The molecular formula is C26H32N2O2. The minimum atomic E-state index is 0.0489. The predicted octanol–water partition coefficient (Wildman–Crippen LogP) is 4.53. The highest BCUT2D eigenvalue weighted by Gasteiger charge is 2.36. The summed E-state index contributed by atoms with van der Waals surface area (Å²) in [5, 5.41) is 0. The molecule has 4 heteroatoms. The van der Waals surface area contributed by atoms with Crippen molar-refractivity contribution in [3.8, 4) is 0 Å². The van der Waals surface area contributed by atoms with Crippen LogP contribution < -0.4 is 0 Å². The molecule has 0 aromatic heterocycles. The number of nitrogens with zero attached hydrogens (tertiary/aromatic N) is 2. The Morgan fingerprint density at radius 1 is 0.900 bits per heavy atom. The highest BCUT2D eigenvalue weighted by molar-refractivity contribution is 5.81. The minimum absolute atomic E-state index is 0.0489. The van der Waals surface area contributed by atoms with Gasteiger partial charge in [0.1, 0.15) is 0 Å². The van der Waals surface area contributed by atoms with Gasteiger partial charge in [-0.15, -0.1) is 0 Å². The van der Waals surface area contributed by atoms with Gasteiger partial charge < -0.3 is 9.80 Å². The van der Waals surface area contributed by atoms with Gasteiger partial charge in [-0.3, -0.25) is 9.59 Å². The zero-order valence-electron chi connectivity index (χ0n) is 17.9. The van der Waals surface area contributed by atoms with Gasteiger partial charge in [0, 0.05) is 32.0 Å². The second-order valence-electron chi connectivity index (χ2n) is 8.69. The number of rotatable bonds is 5. The third-order valence-corrected chi connectivity index (χ3v) is 6.75. The first kappa shape index (κ1) is 20.6. The molecule has 158 valence electrons. The van der Waals surface area contributed by atoms with Crippen LogP contribution in [0, 0.1) is 12.8 Å². The molecule has 2 aliphatic rings.